The molecule has 1 aliphatic rings. The number of rotatable bonds is 8. The largest absolute Gasteiger partial charge is 0.466 e. The van der Waals surface area contributed by atoms with Crippen LogP contribution in [0.5, 0.6) is 0 Å². The Morgan fingerprint density at radius 1 is 1.08 bits per heavy atom. The van der Waals surface area contributed by atoms with Gasteiger partial charge in [-0.1, -0.05) is 51.1 Å². The van der Waals surface area contributed by atoms with E-state index in [-0.39, 0.29) is 18.0 Å². The van der Waals surface area contributed by atoms with E-state index in [1.807, 2.05) is 25.1 Å². The number of esters is 1. The Hall–Kier alpha value is -1.39. The molecule has 0 heterocycles. The van der Waals surface area contributed by atoms with E-state index in [2.05, 4.69) is 39.8 Å². The van der Waals surface area contributed by atoms with E-state index < -0.39 is 8.32 Å². The minimum atomic E-state index is -1.81. The van der Waals surface area contributed by atoms with Gasteiger partial charge in [0.2, 0.25) is 0 Å². The molecule has 0 spiro atoms. The fourth-order valence-corrected chi connectivity index (χ4v) is 6.72. The van der Waals surface area contributed by atoms with Crippen LogP contribution >= 0.6 is 0 Å². The number of hydrogen-bond acceptors (Lipinski definition) is 3. The molecule has 0 N–H and O–H groups in total. The molecule has 2 rings (SSSR count). The van der Waals surface area contributed by atoms with E-state index in [1.54, 1.807) is 0 Å². The van der Waals surface area contributed by atoms with Crippen molar-refractivity contribution in [1.29, 1.82) is 0 Å². The molecule has 0 fully saturated rings. The highest BCUT2D eigenvalue weighted by molar-refractivity contribution is 6.73. The van der Waals surface area contributed by atoms with Crippen molar-refractivity contribution in [3.8, 4) is 0 Å². The fourth-order valence-electron chi connectivity index (χ4n) is 3.84. The highest BCUT2D eigenvalue weighted by Gasteiger charge is 2.43. The van der Waals surface area contributed by atoms with Crippen LogP contribution in [0.25, 0.3) is 5.57 Å². The molecular formula is C21H32O3Si. The maximum atomic E-state index is 12.6. The molecule has 3 nitrogen and oxygen atoms in total. The topological polar surface area (TPSA) is 35.5 Å². The second kappa shape index (κ2) is 8.81. The van der Waals surface area contributed by atoms with Crippen molar-refractivity contribution in [3.63, 3.8) is 0 Å². The van der Waals surface area contributed by atoms with E-state index in [1.165, 1.54) is 16.7 Å². The van der Waals surface area contributed by atoms with Gasteiger partial charge in [-0.25, -0.2) is 0 Å². The zero-order chi connectivity index (χ0) is 18.4. The third-order valence-electron chi connectivity index (χ3n) is 5.71. The predicted molar refractivity (Wildman–Crippen MR) is 106 cm³/mol. The Balaban J connectivity index is 2.38. The first-order chi connectivity index (χ1) is 12.0. The summed E-state index contributed by atoms with van der Waals surface area (Å²) in [5.41, 5.74) is 3.64. The molecule has 0 saturated heterocycles. The Bertz CT molecular complexity index is 597. The smallest absolute Gasteiger partial charge is 0.312 e. The summed E-state index contributed by atoms with van der Waals surface area (Å²) in [6.45, 7) is 11.1. The molecule has 1 aromatic carbocycles. The predicted octanol–water partition coefficient (Wildman–Crippen LogP) is 5.43. The van der Waals surface area contributed by atoms with Gasteiger partial charge in [0.05, 0.1) is 18.6 Å². The molecule has 4 heteroatoms. The maximum Gasteiger partial charge on any atom is 0.312 e. The molecule has 0 aromatic heterocycles. The SMILES string of the molecule is CCOC(=O)[C@@H]1CC(c2ccccc2)=C(C)[C@H]1O[Si](CC)(CC)CC. The van der Waals surface area contributed by atoms with Crippen molar-refractivity contribution < 1.29 is 14.0 Å². The van der Waals surface area contributed by atoms with Crippen LogP contribution < -0.4 is 0 Å². The molecule has 0 aliphatic heterocycles. The first-order valence-electron chi connectivity index (χ1n) is 9.61. The van der Waals surface area contributed by atoms with Crippen molar-refractivity contribution >= 4 is 19.9 Å². The minimum Gasteiger partial charge on any atom is -0.466 e. The molecule has 0 radical (unpaired) electrons. The van der Waals surface area contributed by atoms with Crippen LogP contribution in [0.1, 0.15) is 46.6 Å². The summed E-state index contributed by atoms with van der Waals surface area (Å²) in [6.07, 6.45) is 0.571. The van der Waals surface area contributed by atoms with Gasteiger partial charge in [0.25, 0.3) is 0 Å². The Kier molecular flexibility index (Phi) is 7.02. The normalized spacial score (nSPS) is 20.8. The standard InChI is InChI=1S/C21H32O3Si/c1-6-23-21(22)19-15-18(17-13-11-10-12-14-17)16(5)20(19)24-25(7-2,8-3)9-4/h10-14,19-20H,6-9,15H2,1-5H3/t19-,20-/m1/s1. The average molecular weight is 361 g/mol. The van der Waals surface area contributed by atoms with E-state index in [0.717, 1.165) is 18.1 Å². The third-order valence-corrected chi connectivity index (χ3v) is 10.3. The molecule has 0 bridgehead atoms. The second-order valence-corrected chi connectivity index (χ2v) is 11.6. The lowest BCUT2D eigenvalue weighted by molar-refractivity contribution is -0.150. The van der Waals surface area contributed by atoms with Crippen molar-refractivity contribution in [2.45, 2.75) is 65.3 Å². The van der Waals surface area contributed by atoms with Crippen molar-refractivity contribution in [2.24, 2.45) is 5.92 Å². The van der Waals surface area contributed by atoms with Gasteiger partial charge in [0.15, 0.2) is 8.32 Å². The highest BCUT2D eigenvalue weighted by atomic mass is 28.4. The lowest BCUT2D eigenvalue weighted by atomic mass is 10.0. The van der Waals surface area contributed by atoms with Crippen molar-refractivity contribution in [1.82, 2.24) is 0 Å². The maximum absolute atomic E-state index is 12.6. The van der Waals surface area contributed by atoms with Crippen LogP contribution in [0, 0.1) is 5.92 Å². The summed E-state index contributed by atoms with van der Waals surface area (Å²) in [5, 5.41) is 0. The molecule has 1 aliphatic carbocycles. The van der Waals surface area contributed by atoms with E-state index in [4.69, 9.17) is 9.16 Å². The molecule has 2 atom stereocenters. The van der Waals surface area contributed by atoms with E-state index in [0.29, 0.717) is 13.0 Å². The van der Waals surface area contributed by atoms with Crippen LogP contribution in [0.2, 0.25) is 18.1 Å². The second-order valence-electron chi connectivity index (χ2n) is 6.87. The molecule has 0 unspecified atom stereocenters. The van der Waals surface area contributed by atoms with Gasteiger partial charge in [-0.2, -0.15) is 0 Å². The van der Waals surface area contributed by atoms with Gasteiger partial charge < -0.3 is 9.16 Å². The molecule has 1 aromatic rings. The number of benzene rings is 1. The summed E-state index contributed by atoms with van der Waals surface area (Å²) in [6, 6.07) is 13.6. The quantitative estimate of drug-likeness (QED) is 0.458. The monoisotopic (exact) mass is 360 g/mol. The lowest BCUT2D eigenvalue weighted by Gasteiger charge is -2.34. The Morgan fingerprint density at radius 3 is 2.20 bits per heavy atom. The molecular weight excluding hydrogens is 328 g/mol. The minimum absolute atomic E-state index is 0.121. The van der Waals surface area contributed by atoms with Gasteiger partial charge in [-0.15, -0.1) is 0 Å². The number of carbonyl (C=O) groups is 1. The van der Waals surface area contributed by atoms with Gasteiger partial charge in [-0.3, -0.25) is 4.79 Å². The van der Waals surface area contributed by atoms with E-state index >= 15 is 0 Å². The number of ether oxygens (including phenoxy) is 1. The lowest BCUT2D eigenvalue weighted by Crippen LogP contribution is -2.43. The molecule has 0 saturated carbocycles. The molecule has 25 heavy (non-hydrogen) atoms. The van der Waals surface area contributed by atoms with Crippen LogP contribution in [-0.4, -0.2) is 27.0 Å². The number of hydrogen-bond donors (Lipinski definition) is 0. The van der Waals surface area contributed by atoms with Crippen molar-refractivity contribution in [3.05, 3.63) is 41.5 Å². The van der Waals surface area contributed by atoms with Gasteiger partial charge >= 0.3 is 5.97 Å². The van der Waals surface area contributed by atoms with Crippen LogP contribution in [0.3, 0.4) is 0 Å². The van der Waals surface area contributed by atoms with Crippen LogP contribution in [0.15, 0.2) is 35.9 Å². The van der Waals surface area contributed by atoms with Crippen molar-refractivity contribution in [2.75, 3.05) is 6.61 Å². The zero-order valence-corrected chi connectivity index (χ0v) is 17.3. The van der Waals surface area contributed by atoms with Gasteiger partial charge in [0.1, 0.15) is 0 Å². The summed E-state index contributed by atoms with van der Waals surface area (Å²) in [4.78, 5) is 12.6. The number of carbonyl (C=O) groups excluding carboxylic acids is 1. The van der Waals surface area contributed by atoms with E-state index in [9.17, 15) is 4.79 Å². The molecule has 138 valence electrons. The Morgan fingerprint density at radius 2 is 1.68 bits per heavy atom. The summed E-state index contributed by atoms with van der Waals surface area (Å²) < 4.78 is 12.1. The first kappa shape index (κ1) is 19.9. The van der Waals surface area contributed by atoms with Gasteiger partial charge in [0, 0.05) is 0 Å². The zero-order valence-electron chi connectivity index (χ0n) is 16.3. The summed E-state index contributed by atoms with van der Waals surface area (Å²) >= 11 is 0. The van der Waals surface area contributed by atoms with Gasteiger partial charge in [-0.05, 0) is 55.1 Å². The average Bonchev–Trinajstić information content (AvgIpc) is 2.97. The fraction of sp³-hybridized carbons (Fsp3) is 0.571. The molecule has 0 amide bonds. The van der Waals surface area contributed by atoms with Crippen LogP contribution in [0.4, 0.5) is 0 Å². The summed E-state index contributed by atoms with van der Waals surface area (Å²) in [7, 11) is -1.81. The third kappa shape index (κ3) is 4.24. The number of allylic oxidation sites excluding steroid dienone is 1. The van der Waals surface area contributed by atoms with Crippen LogP contribution in [-0.2, 0) is 14.0 Å². The summed E-state index contributed by atoms with van der Waals surface area (Å²) in [5.74, 6) is -0.337. The Labute approximate surface area is 153 Å². The first-order valence-corrected chi connectivity index (χ1v) is 12.1. The highest BCUT2D eigenvalue weighted by Crippen LogP contribution is 2.42.